The molecule has 11 heteroatoms. The number of carbonyl (C=O) groups excluding carboxylic acids is 1. The van der Waals surface area contributed by atoms with E-state index in [1.807, 2.05) is 0 Å². The normalized spacial score (nSPS) is 17.4. The minimum Gasteiger partial charge on any atom is -0.420 e. The number of nitrogens with zero attached hydrogens (tertiary/aromatic N) is 5. The lowest BCUT2D eigenvalue weighted by Crippen LogP contribution is -2.39. The topological polar surface area (TPSA) is 131 Å². The number of benzene rings is 1. The van der Waals surface area contributed by atoms with Crippen LogP contribution in [-0.2, 0) is 14.8 Å². The maximum atomic E-state index is 13.1. The molecule has 1 fully saturated rings. The van der Waals surface area contributed by atoms with Crippen LogP contribution in [0.25, 0.3) is 11.5 Å². The van der Waals surface area contributed by atoms with Gasteiger partial charge in [0.25, 0.3) is 5.89 Å². The van der Waals surface area contributed by atoms with E-state index in [0.717, 1.165) is 6.42 Å². The lowest BCUT2D eigenvalue weighted by Gasteiger charge is -2.30. The second-order valence-corrected chi connectivity index (χ2v) is 9.31. The molecule has 1 saturated heterocycles. The summed E-state index contributed by atoms with van der Waals surface area (Å²) in [7, 11) is -3.69. The van der Waals surface area contributed by atoms with Crippen LogP contribution in [0.4, 0.5) is 5.69 Å². The van der Waals surface area contributed by atoms with E-state index in [9.17, 15) is 13.2 Å². The number of hydrogen-bond donors (Lipinski definition) is 1. The van der Waals surface area contributed by atoms with Crippen LogP contribution in [0.2, 0.25) is 0 Å². The molecule has 0 bridgehead atoms. The van der Waals surface area contributed by atoms with Crippen molar-refractivity contribution in [1.82, 2.24) is 24.5 Å². The van der Waals surface area contributed by atoms with E-state index in [0.29, 0.717) is 41.8 Å². The molecule has 0 saturated carbocycles. The summed E-state index contributed by atoms with van der Waals surface area (Å²) >= 11 is 0. The van der Waals surface area contributed by atoms with E-state index in [4.69, 9.17) is 4.42 Å². The number of carbonyl (C=O) groups is 1. The minimum absolute atomic E-state index is 0.172. The average molecular weight is 443 g/mol. The zero-order valence-electron chi connectivity index (χ0n) is 17.1. The smallest absolute Gasteiger partial charge is 0.250 e. The molecule has 0 aliphatic carbocycles. The van der Waals surface area contributed by atoms with Gasteiger partial charge in [0.05, 0.1) is 16.4 Å². The highest BCUT2D eigenvalue weighted by Crippen LogP contribution is 2.31. The molecule has 1 aliphatic rings. The Hall–Kier alpha value is -3.18. The van der Waals surface area contributed by atoms with Crippen molar-refractivity contribution in [2.24, 2.45) is 0 Å². The molecule has 4 rings (SSSR count). The zero-order chi connectivity index (χ0) is 22.0. The zero-order valence-corrected chi connectivity index (χ0v) is 18.0. The number of amides is 1. The number of hydrogen-bond acceptors (Lipinski definition) is 8. The molecule has 31 heavy (non-hydrogen) atoms. The minimum atomic E-state index is -3.69. The average Bonchev–Trinajstić information content (AvgIpc) is 3.25. The maximum Gasteiger partial charge on any atom is 0.250 e. The predicted octanol–water partition coefficient (Wildman–Crippen LogP) is 2.36. The fourth-order valence-corrected chi connectivity index (χ4v) is 4.97. The predicted molar refractivity (Wildman–Crippen MR) is 112 cm³/mol. The first kappa shape index (κ1) is 21.1. The van der Waals surface area contributed by atoms with Gasteiger partial charge in [-0.3, -0.25) is 4.79 Å². The molecule has 1 aromatic carbocycles. The Labute approximate surface area is 179 Å². The molecule has 162 valence electrons. The van der Waals surface area contributed by atoms with Crippen molar-refractivity contribution in [2.45, 2.75) is 37.5 Å². The SMILES string of the molecule is CC(=O)Nc1ccc(S(=O)(=O)N2CCC[C@@H](c3nnc(-c4cnc(C)nc4)o3)C2)cc1. The second-order valence-electron chi connectivity index (χ2n) is 7.37. The van der Waals surface area contributed by atoms with Crippen LogP contribution in [0, 0.1) is 6.92 Å². The molecule has 2 aromatic heterocycles. The quantitative estimate of drug-likeness (QED) is 0.637. The molecule has 1 aliphatic heterocycles. The van der Waals surface area contributed by atoms with Gasteiger partial charge in [0.2, 0.25) is 21.8 Å². The highest BCUT2D eigenvalue weighted by molar-refractivity contribution is 7.89. The van der Waals surface area contributed by atoms with Gasteiger partial charge in [0, 0.05) is 38.1 Å². The standard InChI is InChI=1S/C20H22N6O4S/c1-13-21-10-16(11-22-13)20-25-24-19(30-20)15-4-3-9-26(12-15)31(28,29)18-7-5-17(6-8-18)23-14(2)27/h5-8,10-11,15H,3-4,9,12H2,1-2H3,(H,23,27)/t15-/m1/s1. The number of rotatable bonds is 5. The highest BCUT2D eigenvalue weighted by atomic mass is 32.2. The van der Waals surface area contributed by atoms with Crippen molar-refractivity contribution < 1.29 is 17.6 Å². The first-order valence-corrected chi connectivity index (χ1v) is 11.3. The second kappa shape index (κ2) is 8.52. The Morgan fingerprint density at radius 2 is 1.87 bits per heavy atom. The third kappa shape index (κ3) is 4.62. The van der Waals surface area contributed by atoms with Crippen LogP contribution in [0.3, 0.4) is 0 Å². The molecular weight excluding hydrogens is 420 g/mol. The Morgan fingerprint density at radius 1 is 1.16 bits per heavy atom. The summed E-state index contributed by atoms with van der Waals surface area (Å²) in [5.41, 5.74) is 1.16. The number of piperidine rings is 1. The number of aryl methyl sites for hydroxylation is 1. The van der Waals surface area contributed by atoms with E-state index in [-0.39, 0.29) is 23.3 Å². The van der Waals surface area contributed by atoms with E-state index < -0.39 is 10.0 Å². The van der Waals surface area contributed by atoms with Gasteiger partial charge < -0.3 is 9.73 Å². The van der Waals surface area contributed by atoms with Crippen LogP contribution in [0.5, 0.6) is 0 Å². The lowest BCUT2D eigenvalue weighted by atomic mass is 10.00. The van der Waals surface area contributed by atoms with E-state index in [1.54, 1.807) is 31.5 Å². The van der Waals surface area contributed by atoms with Gasteiger partial charge in [-0.2, -0.15) is 4.31 Å². The summed E-state index contributed by atoms with van der Waals surface area (Å²) in [6.07, 6.45) is 4.66. The van der Waals surface area contributed by atoms with Gasteiger partial charge >= 0.3 is 0 Å². The van der Waals surface area contributed by atoms with Crippen molar-refractivity contribution >= 4 is 21.6 Å². The van der Waals surface area contributed by atoms with E-state index >= 15 is 0 Å². The molecular formula is C20H22N6O4S. The Morgan fingerprint density at radius 3 is 2.55 bits per heavy atom. The van der Waals surface area contributed by atoms with Crippen molar-refractivity contribution in [3.63, 3.8) is 0 Å². The molecule has 3 heterocycles. The summed E-state index contributed by atoms with van der Waals surface area (Å²) in [6.45, 7) is 3.85. The third-order valence-corrected chi connectivity index (χ3v) is 6.89. The van der Waals surface area contributed by atoms with Crippen LogP contribution in [-0.4, -0.2) is 51.9 Å². The monoisotopic (exact) mass is 442 g/mol. The van der Waals surface area contributed by atoms with Crippen LogP contribution >= 0.6 is 0 Å². The van der Waals surface area contributed by atoms with E-state index in [2.05, 4.69) is 25.5 Å². The lowest BCUT2D eigenvalue weighted by molar-refractivity contribution is -0.114. The molecule has 3 aromatic rings. The summed E-state index contributed by atoms with van der Waals surface area (Å²) in [5.74, 6) is 0.933. The number of aromatic nitrogens is 4. The first-order valence-electron chi connectivity index (χ1n) is 9.83. The fourth-order valence-electron chi connectivity index (χ4n) is 3.44. The first-order chi connectivity index (χ1) is 14.8. The summed E-state index contributed by atoms with van der Waals surface area (Å²) in [6, 6.07) is 6.13. The summed E-state index contributed by atoms with van der Waals surface area (Å²) in [5, 5.41) is 10.8. The van der Waals surface area contributed by atoms with Crippen LogP contribution < -0.4 is 5.32 Å². The molecule has 10 nitrogen and oxygen atoms in total. The molecule has 0 unspecified atom stereocenters. The largest absolute Gasteiger partial charge is 0.420 e. The van der Waals surface area contributed by atoms with Crippen molar-refractivity contribution in [1.29, 1.82) is 0 Å². The number of sulfonamides is 1. The highest BCUT2D eigenvalue weighted by Gasteiger charge is 2.33. The summed E-state index contributed by atoms with van der Waals surface area (Å²) in [4.78, 5) is 19.6. The molecule has 1 amide bonds. The Balaban J connectivity index is 1.50. The molecule has 1 atom stereocenters. The van der Waals surface area contributed by atoms with Gasteiger partial charge in [0.1, 0.15) is 5.82 Å². The Kier molecular flexibility index (Phi) is 5.79. The molecule has 0 spiro atoms. The van der Waals surface area contributed by atoms with Gasteiger partial charge in [-0.15, -0.1) is 10.2 Å². The number of anilines is 1. The maximum absolute atomic E-state index is 13.1. The van der Waals surface area contributed by atoms with Gasteiger partial charge in [0.15, 0.2) is 0 Å². The van der Waals surface area contributed by atoms with Gasteiger partial charge in [-0.25, -0.2) is 18.4 Å². The van der Waals surface area contributed by atoms with E-state index in [1.165, 1.54) is 23.4 Å². The fraction of sp³-hybridized carbons (Fsp3) is 0.350. The van der Waals surface area contributed by atoms with Crippen LogP contribution in [0.15, 0.2) is 46.0 Å². The summed E-state index contributed by atoms with van der Waals surface area (Å²) < 4.78 is 33.5. The third-order valence-electron chi connectivity index (χ3n) is 5.01. The molecule has 0 radical (unpaired) electrons. The molecule has 1 N–H and O–H groups in total. The van der Waals surface area contributed by atoms with Crippen molar-refractivity contribution in [3.8, 4) is 11.5 Å². The van der Waals surface area contributed by atoms with Crippen LogP contribution in [0.1, 0.15) is 37.4 Å². The Bertz CT molecular complexity index is 1180. The van der Waals surface area contributed by atoms with Crippen molar-refractivity contribution in [2.75, 3.05) is 18.4 Å². The van der Waals surface area contributed by atoms with Gasteiger partial charge in [-0.05, 0) is 44.0 Å². The number of nitrogens with one attached hydrogen (secondary N) is 1. The van der Waals surface area contributed by atoms with Gasteiger partial charge in [-0.1, -0.05) is 0 Å². The van der Waals surface area contributed by atoms with Crippen molar-refractivity contribution in [3.05, 3.63) is 48.4 Å².